The molecule has 3 aromatic carbocycles. The predicted octanol–water partition coefficient (Wildman–Crippen LogP) is 5.66. The molecule has 0 amide bonds. The number of halogens is 2. The fourth-order valence-electron chi connectivity index (χ4n) is 2.65. The molecule has 2 nitrogen and oxygen atoms in total. The quantitative estimate of drug-likeness (QED) is 0.580. The molecule has 4 heteroatoms. The highest BCUT2D eigenvalue weighted by Gasteiger charge is 2.07. The average Bonchev–Trinajstić information content (AvgIpc) is 2.64. The molecule has 0 heterocycles. The van der Waals surface area contributed by atoms with E-state index < -0.39 is 0 Å². The van der Waals surface area contributed by atoms with E-state index in [1.54, 1.807) is 24.3 Å². The minimum atomic E-state index is -0.263. The van der Waals surface area contributed by atoms with E-state index in [9.17, 15) is 4.39 Å². The normalized spacial score (nSPS) is 10.7. The molecule has 0 saturated heterocycles. The molecule has 0 fully saturated rings. The Bertz CT molecular complexity index is 864. The first kappa shape index (κ1) is 18.4. The number of hydrogen-bond donors (Lipinski definition) is 1. The zero-order chi connectivity index (χ0) is 18.4. The summed E-state index contributed by atoms with van der Waals surface area (Å²) >= 11 is 6.13. The van der Waals surface area contributed by atoms with Gasteiger partial charge in [-0.15, -0.1) is 0 Å². The summed E-state index contributed by atoms with van der Waals surface area (Å²) in [6, 6.07) is 20.5. The summed E-state index contributed by atoms with van der Waals surface area (Å²) in [7, 11) is 0. The van der Waals surface area contributed by atoms with Crippen molar-refractivity contribution in [2.24, 2.45) is 0 Å². The van der Waals surface area contributed by atoms with Gasteiger partial charge in [-0.25, -0.2) is 4.39 Å². The Morgan fingerprint density at radius 1 is 0.923 bits per heavy atom. The number of hydrogen-bond acceptors (Lipinski definition) is 2. The molecule has 0 unspecified atom stereocenters. The van der Waals surface area contributed by atoms with Crippen LogP contribution in [0.4, 0.5) is 4.39 Å². The molecule has 1 N–H and O–H groups in total. The predicted molar refractivity (Wildman–Crippen MR) is 104 cm³/mol. The molecular weight excluding hydrogens is 349 g/mol. The number of ether oxygens (including phenoxy) is 1. The first-order valence-electron chi connectivity index (χ1n) is 8.53. The first-order chi connectivity index (χ1) is 12.6. The maximum absolute atomic E-state index is 13.8. The van der Waals surface area contributed by atoms with Crippen molar-refractivity contribution in [1.82, 2.24) is 5.32 Å². The van der Waals surface area contributed by atoms with Crippen molar-refractivity contribution in [3.8, 4) is 5.75 Å². The Morgan fingerprint density at radius 3 is 2.46 bits per heavy atom. The Labute approximate surface area is 158 Å². The lowest BCUT2D eigenvalue weighted by atomic mass is 10.1. The van der Waals surface area contributed by atoms with Crippen LogP contribution < -0.4 is 10.1 Å². The van der Waals surface area contributed by atoms with Gasteiger partial charge in [0, 0.05) is 29.2 Å². The Balaban J connectivity index is 1.63. The summed E-state index contributed by atoms with van der Waals surface area (Å²) in [5, 5.41) is 4.05. The molecule has 3 rings (SSSR count). The third-order valence-corrected chi connectivity index (χ3v) is 4.36. The fraction of sp³-hybridized carbons (Fsp3) is 0.182. The van der Waals surface area contributed by atoms with Gasteiger partial charge in [-0.1, -0.05) is 59.6 Å². The first-order valence-corrected chi connectivity index (χ1v) is 8.90. The van der Waals surface area contributed by atoms with Gasteiger partial charge < -0.3 is 10.1 Å². The van der Waals surface area contributed by atoms with Crippen LogP contribution in [0.5, 0.6) is 5.75 Å². The zero-order valence-electron chi connectivity index (χ0n) is 14.6. The van der Waals surface area contributed by atoms with Crippen LogP contribution in [0.15, 0.2) is 66.7 Å². The highest BCUT2D eigenvalue weighted by Crippen LogP contribution is 2.24. The minimum Gasteiger partial charge on any atom is -0.488 e. The van der Waals surface area contributed by atoms with E-state index in [1.807, 2.05) is 12.1 Å². The van der Waals surface area contributed by atoms with Crippen LogP contribution in [0.3, 0.4) is 0 Å². The van der Waals surface area contributed by atoms with Gasteiger partial charge in [0.2, 0.25) is 0 Å². The van der Waals surface area contributed by atoms with Crippen LogP contribution in [0, 0.1) is 12.7 Å². The second-order valence-corrected chi connectivity index (χ2v) is 6.66. The number of rotatable bonds is 7. The van der Waals surface area contributed by atoms with Crippen molar-refractivity contribution < 1.29 is 9.13 Å². The van der Waals surface area contributed by atoms with E-state index >= 15 is 0 Å². The van der Waals surface area contributed by atoms with Gasteiger partial charge in [-0.05, 0) is 36.8 Å². The SMILES string of the molecule is Cc1ccc(CNCc2cc(Cl)ccc2OCc2ccccc2F)cc1. The van der Waals surface area contributed by atoms with Gasteiger partial charge in [0.15, 0.2) is 0 Å². The summed E-state index contributed by atoms with van der Waals surface area (Å²) in [6.45, 7) is 3.61. The molecular formula is C22H21ClFNO. The molecule has 0 saturated carbocycles. The molecule has 0 atom stereocenters. The third-order valence-electron chi connectivity index (χ3n) is 4.13. The van der Waals surface area contributed by atoms with E-state index in [1.165, 1.54) is 17.2 Å². The smallest absolute Gasteiger partial charge is 0.129 e. The molecule has 26 heavy (non-hydrogen) atoms. The lowest BCUT2D eigenvalue weighted by Crippen LogP contribution is -2.13. The zero-order valence-corrected chi connectivity index (χ0v) is 15.4. The summed E-state index contributed by atoms with van der Waals surface area (Å²) in [5.41, 5.74) is 3.93. The van der Waals surface area contributed by atoms with Crippen molar-refractivity contribution in [2.45, 2.75) is 26.6 Å². The number of aryl methyl sites for hydroxylation is 1. The standard InChI is InChI=1S/C22H21ClFNO/c1-16-6-8-17(9-7-16)13-25-14-19-12-20(23)10-11-22(19)26-15-18-4-2-3-5-21(18)24/h2-12,25H,13-15H2,1H3. The van der Waals surface area contributed by atoms with Crippen LogP contribution >= 0.6 is 11.6 Å². The summed E-state index contributed by atoms with van der Waals surface area (Å²) < 4.78 is 19.6. The second-order valence-electron chi connectivity index (χ2n) is 6.22. The highest BCUT2D eigenvalue weighted by molar-refractivity contribution is 6.30. The van der Waals surface area contributed by atoms with Gasteiger partial charge in [0.25, 0.3) is 0 Å². The molecule has 134 valence electrons. The highest BCUT2D eigenvalue weighted by atomic mass is 35.5. The van der Waals surface area contributed by atoms with Crippen molar-refractivity contribution in [3.63, 3.8) is 0 Å². The monoisotopic (exact) mass is 369 g/mol. The van der Waals surface area contributed by atoms with E-state index in [2.05, 4.69) is 36.5 Å². The summed E-state index contributed by atoms with van der Waals surface area (Å²) in [6.07, 6.45) is 0. The van der Waals surface area contributed by atoms with Crippen molar-refractivity contribution in [3.05, 3.63) is 99.8 Å². The van der Waals surface area contributed by atoms with Gasteiger partial charge >= 0.3 is 0 Å². The van der Waals surface area contributed by atoms with Gasteiger partial charge in [-0.2, -0.15) is 0 Å². The van der Waals surface area contributed by atoms with Crippen LogP contribution in [0.25, 0.3) is 0 Å². The Morgan fingerprint density at radius 2 is 1.69 bits per heavy atom. The summed E-state index contributed by atoms with van der Waals surface area (Å²) in [5.74, 6) is 0.439. The van der Waals surface area contributed by atoms with Crippen LogP contribution in [0.1, 0.15) is 22.3 Å². The molecule has 0 radical (unpaired) electrons. The maximum atomic E-state index is 13.8. The van der Waals surface area contributed by atoms with Crippen LogP contribution in [-0.4, -0.2) is 0 Å². The van der Waals surface area contributed by atoms with Crippen molar-refractivity contribution >= 4 is 11.6 Å². The van der Waals surface area contributed by atoms with E-state index in [-0.39, 0.29) is 12.4 Å². The Hall–Kier alpha value is -2.36. The van der Waals surface area contributed by atoms with Gasteiger partial charge in [-0.3, -0.25) is 0 Å². The number of nitrogens with one attached hydrogen (secondary N) is 1. The van der Waals surface area contributed by atoms with Crippen molar-refractivity contribution in [1.29, 1.82) is 0 Å². The molecule has 0 aliphatic rings. The Kier molecular flexibility index (Phi) is 6.26. The van der Waals surface area contributed by atoms with E-state index in [4.69, 9.17) is 16.3 Å². The molecule has 3 aromatic rings. The molecule has 0 bridgehead atoms. The fourth-order valence-corrected chi connectivity index (χ4v) is 2.84. The third kappa shape index (κ3) is 5.07. The summed E-state index contributed by atoms with van der Waals surface area (Å²) in [4.78, 5) is 0. The minimum absolute atomic E-state index is 0.180. The van der Waals surface area contributed by atoms with Crippen LogP contribution in [-0.2, 0) is 19.7 Å². The largest absolute Gasteiger partial charge is 0.488 e. The maximum Gasteiger partial charge on any atom is 0.129 e. The molecule has 0 aromatic heterocycles. The lowest BCUT2D eigenvalue weighted by molar-refractivity contribution is 0.296. The lowest BCUT2D eigenvalue weighted by Gasteiger charge is -2.13. The van der Waals surface area contributed by atoms with E-state index in [0.29, 0.717) is 22.9 Å². The molecule has 0 spiro atoms. The van der Waals surface area contributed by atoms with Crippen molar-refractivity contribution in [2.75, 3.05) is 0 Å². The average molecular weight is 370 g/mol. The topological polar surface area (TPSA) is 21.3 Å². The second kappa shape index (κ2) is 8.84. The van der Waals surface area contributed by atoms with Gasteiger partial charge in [0.05, 0.1) is 0 Å². The molecule has 0 aliphatic heterocycles. The van der Waals surface area contributed by atoms with Crippen LogP contribution in [0.2, 0.25) is 5.02 Å². The van der Waals surface area contributed by atoms with Gasteiger partial charge in [0.1, 0.15) is 18.2 Å². The molecule has 0 aliphatic carbocycles. The number of benzene rings is 3. The van der Waals surface area contributed by atoms with E-state index in [0.717, 1.165) is 12.1 Å².